The molecule has 4 saturated heterocycles. The van der Waals surface area contributed by atoms with Crippen LogP contribution in [0, 0.1) is 0 Å². The van der Waals surface area contributed by atoms with Crippen LogP contribution in [0.4, 0.5) is 0 Å². The van der Waals surface area contributed by atoms with E-state index in [1.54, 1.807) is 17.8 Å². The second-order valence-electron chi connectivity index (χ2n) is 14.7. The van der Waals surface area contributed by atoms with Gasteiger partial charge in [-0.2, -0.15) is 0 Å². The van der Waals surface area contributed by atoms with Crippen molar-refractivity contribution in [1.29, 1.82) is 0 Å². The second kappa shape index (κ2) is 27.8. The summed E-state index contributed by atoms with van der Waals surface area (Å²) in [6.45, 7) is 10.8. The first-order valence-corrected chi connectivity index (χ1v) is 21.7. The molecule has 0 unspecified atom stereocenters. The summed E-state index contributed by atoms with van der Waals surface area (Å²) >= 11 is 0. The van der Waals surface area contributed by atoms with Crippen molar-refractivity contribution < 1.29 is 103 Å². The molecule has 4 aliphatic heterocycles. The molecule has 5 rings (SSSR count). The third-order valence-corrected chi connectivity index (χ3v) is 10.6. The molecule has 0 amide bonds. The lowest BCUT2D eigenvalue weighted by atomic mass is 9.97. The Morgan fingerprint density at radius 1 is 0.524 bits per heavy atom. The molecule has 63 heavy (non-hydrogen) atoms. The van der Waals surface area contributed by atoms with Gasteiger partial charge in [0.15, 0.2) is 25.2 Å². The van der Waals surface area contributed by atoms with Crippen molar-refractivity contribution in [1.82, 2.24) is 15.0 Å². The van der Waals surface area contributed by atoms with E-state index >= 15 is 0 Å². The molecular formula is C39H73N3O21. The number of hydrogen-bond donors (Lipinski definition) is 10. The molecule has 10 N–H and O–H groups in total. The Morgan fingerprint density at radius 2 is 0.952 bits per heavy atom. The van der Waals surface area contributed by atoms with Crippen LogP contribution in [0.3, 0.4) is 0 Å². The van der Waals surface area contributed by atoms with E-state index in [9.17, 15) is 51.1 Å². The summed E-state index contributed by atoms with van der Waals surface area (Å²) in [4.78, 5) is 0. The molecule has 0 aromatic carbocycles. The molecule has 0 bridgehead atoms. The Bertz CT molecular complexity index is 1370. The van der Waals surface area contributed by atoms with E-state index in [4.69, 9.17) is 52.1 Å². The maximum Gasteiger partial charge on any atom is 0.186 e. The van der Waals surface area contributed by atoms with Crippen molar-refractivity contribution >= 4 is 0 Å². The highest BCUT2D eigenvalue weighted by molar-refractivity contribution is 4.96. The van der Waals surface area contributed by atoms with Gasteiger partial charge in [0.05, 0.1) is 32.1 Å². The van der Waals surface area contributed by atoms with E-state index in [2.05, 4.69) is 10.3 Å². The number of aliphatic hydroxyl groups excluding tert-OH is 10. The molecule has 1 aromatic rings. The molecule has 1 aromatic heterocycles. The van der Waals surface area contributed by atoms with E-state index in [1.165, 1.54) is 14.2 Å². The molecule has 4 fully saturated rings. The summed E-state index contributed by atoms with van der Waals surface area (Å²) < 4.78 is 63.8. The average Bonchev–Trinajstić information content (AvgIpc) is 3.77. The van der Waals surface area contributed by atoms with Gasteiger partial charge in [-0.3, -0.25) is 4.68 Å². The van der Waals surface area contributed by atoms with Gasteiger partial charge < -0.3 is 103 Å². The summed E-state index contributed by atoms with van der Waals surface area (Å²) in [5.74, 6) is 0. The standard InChI is InChI=1S/C35H61N3O21.2C2H6/c1-5-38-10-15(36-37-38)8-7-9-52-31-19(14-55-33-26(45)22(41)20(39)16(56-33)11-49-3)59-35(29(48)25(31)44)53-12-17-21(40)23(42)27(46)34(57-17)54-13-18-30(51-6-2)24(43)28(47)32(50-4)58-18;2*1-2/h10,16-35,39-48H,5-9,11-14H2,1-4H3;2*1-2H3/t16-,17-,18-,19-,20-,21-,22+,23+,24-,25-,26-,27-,28-,29-,30-,31-,32+,33+,34+,35+;;/m1../s1. The maximum absolute atomic E-state index is 11.3. The van der Waals surface area contributed by atoms with Crippen molar-refractivity contribution in [3.8, 4) is 0 Å². The van der Waals surface area contributed by atoms with Crippen LogP contribution in [0.25, 0.3) is 0 Å². The Kier molecular flexibility index (Phi) is 24.6. The number of nitrogens with zero attached hydrogens (tertiary/aromatic N) is 3. The van der Waals surface area contributed by atoms with Gasteiger partial charge in [0.2, 0.25) is 0 Å². The Balaban J connectivity index is 0.00000256. The molecule has 24 heteroatoms. The fourth-order valence-corrected chi connectivity index (χ4v) is 7.21. The first kappa shape index (κ1) is 55.6. The molecule has 24 nitrogen and oxygen atoms in total. The molecule has 370 valence electrons. The van der Waals surface area contributed by atoms with Crippen molar-refractivity contribution in [2.45, 2.75) is 184 Å². The normalized spacial score (nSPS) is 40.7. The van der Waals surface area contributed by atoms with E-state index in [1.807, 2.05) is 34.6 Å². The Morgan fingerprint density at radius 3 is 1.41 bits per heavy atom. The Labute approximate surface area is 367 Å². The van der Waals surface area contributed by atoms with Crippen LogP contribution in [-0.2, 0) is 65.1 Å². The number of methoxy groups -OCH3 is 2. The largest absolute Gasteiger partial charge is 0.387 e. The Hall–Kier alpha value is -1.70. The highest BCUT2D eigenvalue weighted by atomic mass is 16.8. The maximum atomic E-state index is 11.3. The van der Waals surface area contributed by atoms with Gasteiger partial charge >= 0.3 is 0 Å². The quantitative estimate of drug-likeness (QED) is 0.0556. The molecule has 4 aliphatic rings. The van der Waals surface area contributed by atoms with Crippen LogP contribution in [0.5, 0.6) is 0 Å². The lowest BCUT2D eigenvalue weighted by molar-refractivity contribution is -0.350. The fourth-order valence-electron chi connectivity index (χ4n) is 7.21. The summed E-state index contributed by atoms with van der Waals surface area (Å²) in [5, 5.41) is 115. The zero-order valence-electron chi connectivity index (χ0n) is 37.3. The summed E-state index contributed by atoms with van der Waals surface area (Å²) in [6, 6.07) is 0. The minimum absolute atomic E-state index is 0.0643. The molecule has 0 aliphatic carbocycles. The number of aryl methyl sites for hydroxylation is 2. The third-order valence-electron chi connectivity index (χ3n) is 10.6. The fraction of sp³-hybridized carbons (Fsp3) is 0.949. The average molecular weight is 920 g/mol. The van der Waals surface area contributed by atoms with Crippen LogP contribution >= 0.6 is 0 Å². The monoisotopic (exact) mass is 919 g/mol. The molecule has 0 radical (unpaired) electrons. The van der Waals surface area contributed by atoms with E-state index < -0.39 is 143 Å². The van der Waals surface area contributed by atoms with Gasteiger partial charge in [0.1, 0.15) is 97.7 Å². The molecule has 20 atom stereocenters. The minimum atomic E-state index is -1.82. The van der Waals surface area contributed by atoms with Crippen LogP contribution in [0.1, 0.15) is 53.7 Å². The van der Waals surface area contributed by atoms with Crippen molar-refractivity contribution in [2.75, 3.05) is 53.9 Å². The smallest absolute Gasteiger partial charge is 0.186 e. The number of ether oxygens (including phenoxy) is 11. The topological polar surface area (TPSA) is 335 Å². The van der Waals surface area contributed by atoms with Crippen LogP contribution < -0.4 is 0 Å². The predicted molar refractivity (Wildman–Crippen MR) is 213 cm³/mol. The lowest BCUT2D eigenvalue weighted by Gasteiger charge is -2.45. The van der Waals surface area contributed by atoms with Crippen molar-refractivity contribution in [2.24, 2.45) is 0 Å². The first-order valence-electron chi connectivity index (χ1n) is 21.7. The number of aromatic nitrogens is 3. The highest BCUT2D eigenvalue weighted by Gasteiger charge is 2.51. The zero-order valence-corrected chi connectivity index (χ0v) is 37.3. The predicted octanol–water partition coefficient (Wildman–Crippen LogP) is -4.08. The third kappa shape index (κ3) is 14.4. The molecular weight excluding hydrogens is 846 g/mol. The van der Waals surface area contributed by atoms with Crippen LogP contribution in [-0.4, -0.2) is 243 Å². The van der Waals surface area contributed by atoms with Gasteiger partial charge in [-0.1, -0.05) is 32.9 Å². The zero-order chi connectivity index (χ0) is 47.0. The molecule has 0 spiro atoms. The molecule has 5 heterocycles. The summed E-state index contributed by atoms with van der Waals surface area (Å²) in [6.07, 6.45) is -26.7. The second-order valence-corrected chi connectivity index (χ2v) is 14.7. The van der Waals surface area contributed by atoms with E-state index in [-0.39, 0.29) is 19.8 Å². The van der Waals surface area contributed by atoms with Crippen molar-refractivity contribution in [3.05, 3.63) is 11.9 Å². The van der Waals surface area contributed by atoms with Gasteiger partial charge in [-0.05, 0) is 26.7 Å². The van der Waals surface area contributed by atoms with Crippen molar-refractivity contribution in [3.63, 3.8) is 0 Å². The number of hydrogen-bond acceptors (Lipinski definition) is 23. The minimum Gasteiger partial charge on any atom is -0.387 e. The van der Waals surface area contributed by atoms with Crippen LogP contribution in [0.2, 0.25) is 0 Å². The highest BCUT2D eigenvalue weighted by Crippen LogP contribution is 2.31. The molecule has 0 saturated carbocycles. The summed E-state index contributed by atoms with van der Waals surface area (Å²) in [7, 11) is 2.62. The van der Waals surface area contributed by atoms with Gasteiger partial charge in [-0.15, -0.1) is 5.10 Å². The number of rotatable bonds is 20. The first-order chi connectivity index (χ1) is 30.2. The SMILES string of the molecule is CC.CC.CCO[C@H]1[C@H](O)[C@@H](O)[C@@H](OC)O[C@@H]1CO[C@H]1O[C@H](CO[C@H]2O[C@H](CO[C@H]3O[C@H](COC)[C@@H](O)[C@H](O)[C@H]3O)[C@@H](OCCCc3cn(CC)nn3)[C@H](O)[C@H]2O)[C@@H](O)[C@H](O)[C@H]1O. The van der Waals surface area contributed by atoms with Gasteiger partial charge in [-0.25, -0.2) is 0 Å². The lowest BCUT2D eigenvalue weighted by Crippen LogP contribution is -2.63. The van der Waals surface area contributed by atoms with E-state index in [0.29, 0.717) is 25.1 Å². The van der Waals surface area contributed by atoms with Gasteiger partial charge in [0.25, 0.3) is 0 Å². The number of aliphatic hydroxyl groups is 10. The van der Waals surface area contributed by atoms with Gasteiger partial charge in [0, 0.05) is 40.2 Å². The van der Waals surface area contributed by atoms with Crippen LogP contribution in [0.15, 0.2) is 6.20 Å². The van der Waals surface area contributed by atoms with E-state index in [0.717, 1.165) is 0 Å². The summed E-state index contributed by atoms with van der Waals surface area (Å²) in [5.41, 5.74) is 0.715.